The molecule has 1 heterocycles. The molecule has 1 aromatic rings. The molecule has 0 radical (unpaired) electrons. The Balaban J connectivity index is 0.00000208. The van der Waals surface area contributed by atoms with E-state index in [0.29, 0.717) is 13.2 Å². The molecule has 1 amide bonds. The van der Waals surface area contributed by atoms with E-state index in [1.807, 2.05) is 25.1 Å². The molecule has 134 valence electrons. The van der Waals surface area contributed by atoms with Crippen LogP contribution in [0.4, 0.5) is 0 Å². The topological polar surface area (TPSA) is 59.6 Å². The Kier molecular flexibility index (Phi) is 6.35. The molecular formula is C18H27ClN2O3. The van der Waals surface area contributed by atoms with Crippen molar-refractivity contribution in [2.75, 3.05) is 26.8 Å². The number of methoxy groups -OCH3 is 1. The van der Waals surface area contributed by atoms with Crippen molar-refractivity contribution in [3.63, 3.8) is 0 Å². The second-order valence-corrected chi connectivity index (χ2v) is 6.51. The van der Waals surface area contributed by atoms with Gasteiger partial charge in [0.25, 0.3) is 0 Å². The predicted molar refractivity (Wildman–Crippen MR) is 95.9 cm³/mol. The maximum Gasteiger partial charge on any atom is 0.223 e. The lowest BCUT2D eigenvalue weighted by Gasteiger charge is -2.23. The van der Waals surface area contributed by atoms with Crippen LogP contribution < -0.4 is 20.1 Å². The van der Waals surface area contributed by atoms with E-state index in [0.717, 1.165) is 49.4 Å². The maximum absolute atomic E-state index is 12.4. The first kappa shape index (κ1) is 18.9. The first-order valence-electron chi connectivity index (χ1n) is 8.46. The highest BCUT2D eigenvalue weighted by atomic mass is 35.5. The third-order valence-electron chi connectivity index (χ3n) is 5.10. The van der Waals surface area contributed by atoms with Gasteiger partial charge < -0.3 is 20.1 Å². The number of rotatable bonds is 6. The van der Waals surface area contributed by atoms with Gasteiger partial charge in [-0.05, 0) is 62.4 Å². The van der Waals surface area contributed by atoms with Crippen LogP contribution in [0.3, 0.4) is 0 Å². The van der Waals surface area contributed by atoms with Crippen molar-refractivity contribution >= 4 is 18.3 Å². The smallest absolute Gasteiger partial charge is 0.223 e. The standard InChI is InChI=1S/C18H26N2O3.ClH/c1-3-23-16-10-13(4-5-15(16)22-2)12-20-17(21)14-11-18(14)6-8-19-9-7-18;/h4-5,10,14,19H,3,6-9,11-12H2,1-2H3,(H,20,21);1H. The van der Waals surface area contributed by atoms with Gasteiger partial charge in [0, 0.05) is 12.5 Å². The highest BCUT2D eigenvalue weighted by molar-refractivity contribution is 5.85. The second kappa shape index (κ2) is 8.08. The molecule has 2 aliphatic rings. The van der Waals surface area contributed by atoms with Crippen molar-refractivity contribution in [2.45, 2.75) is 32.7 Å². The van der Waals surface area contributed by atoms with E-state index in [1.165, 1.54) is 0 Å². The number of halogens is 1. The van der Waals surface area contributed by atoms with Crippen LogP contribution in [0, 0.1) is 11.3 Å². The van der Waals surface area contributed by atoms with E-state index >= 15 is 0 Å². The molecule has 1 saturated carbocycles. The van der Waals surface area contributed by atoms with Gasteiger partial charge in [0.15, 0.2) is 11.5 Å². The maximum atomic E-state index is 12.4. The Morgan fingerprint density at radius 2 is 2.08 bits per heavy atom. The summed E-state index contributed by atoms with van der Waals surface area (Å²) >= 11 is 0. The number of hydrogen-bond donors (Lipinski definition) is 2. The summed E-state index contributed by atoms with van der Waals surface area (Å²) < 4.78 is 10.9. The van der Waals surface area contributed by atoms with Crippen LogP contribution in [0.2, 0.25) is 0 Å². The number of hydrogen-bond acceptors (Lipinski definition) is 4. The van der Waals surface area contributed by atoms with Crippen LogP contribution in [0.15, 0.2) is 18.2 Å². The summed E-state index contributed by atoms with van der Waals surface area (Å²) in [5, 5.41) is 6.45. The molecular weight excluding hydrogens is 328 g/mol. The lowest BCUT2D eigenvalue weighted by molar-refractivity contribution is -0.123. The average molecular weight is 355 g/mol. The number of nitrogens with one attached hydrogen (secondary N) is 2. The molecule has 1 aromatic carbocycles. The molecule has 1 unspecified atom stereocenters. The summed E-state index contributed by atoms with van der Waals surface area (Å²) in [5.74, 6) is 1.84. The Bertz CT molecular complexity index is 573. The zero-order valence-electron chi connectivity index (χ0n) is 14.4. The third-order valence-corrected chi connectivity index (χ3v) is 5.10. The largest absolute Gasteiger partial charge is 0.493 e. The van der Waals surface area contributed by atoms with Gasteiger partial charge in [0.05, 0.1) is 13.7 Å². The SMILES string of the molecule is CCOc1cc(CNC(=O)C2CC23CCNCC3)ccc1OC.Cl. The highest BCUT2D eigenvalue weighted by Gasteiger charge is 2.57. The molecule has 5 nitrogen and oxygen atoms in total. The quantitative estimate of drug-likeness (QED) is 0.824. The number of carbonyl (C=O) groups excluding carboxylic acids is 1. The van der Waals surface area contributed by atoms with Crippen LogP contribution >= 0.6 is 12.4 Å². The molecule has 6 heteroatoms. The zero-order valence-corrected chi connectivity index (χ0v) is 15.2. The first-order valence-corrected chi connectivity index (χ1v) is 8.46. The minimum Gasteiger partial charge on any atom is -0.493 e. The van der Waals surface area contributed by atoms with Crippen molar-refractivity contribution in [3.8, 4) is 11.5 Å². The monoisotopic (exact) mass is 354 g/mol. The average Bonchev–Trinajstić information content (AvgIpc) is 3.27. The van der Waals surface area contributed by atoms with E-state index in [-0.39, 0.29) is 29.6 Å². The van der Waals surface area contributed by atoms with Crippen molar-refractivity contribution in [2.24, 2.45) is 11.3 Å². The van der Waals surface area contributed by atoms with Gasteiger partial charge in [-0.15, -0.1) is 12.4 Å². The lowest BCUT2D eigenvalue weighted by Crippen LogP contribution is -2.33. The van der Waals surface area contributed by atoms with Crippen molar-refractivity contribution in [1.82, 2.24) is 10.6 Å². The molecule has 2 N–H and O–H groups in total. The number of piperidine rings is 1. The number of amides is 1. The van der Waals surface area contributed by atoms with Crippen LogP contribution in [-0.4, -0.2) is 32.7 Å². The first-order chi connectivity index (χ1) is 11.2. The molecule has 1 atom stereocenters. The van der Waals surface area contributed by atoms with Crippen LogP contribution in [0.1, 0.15) is 31.7 Å². The van der Waals surface area contributed by atoms with Gasteiger partial charge in [-0.25, -0.2) is 0 Å². The van der Waals surface area contributed by atoms with Gasteiger partial charge in [-0.2, -0.15) is 0 Å². The van der Waals surface area contributed by atoms with E-state index in [9.17, 15) is 4.79 Å². The summed E-state index contributed by atoms with van der Waals surface area (Å²) in [6, 6.07) is 5.79. The van der Waals surface area contributed by atoms with Crippen molar-refractivity contribution in [3.05, 3.63) is 23.8 Å². The summed E-state index contributed by atoms with van der Waals surface area (Å²) in [5.41, 5.74) is 1.31. The fraction of sp³-hybridized carbons (Fsp3) is 0.611. The van der Waals surface area contributed by atoms with Crippen LogP contribution in [0.25, 0.3) is 0 Å². The van der Waals surface area contributed by atoms with Gasteiger partial charge in [0.1, 0.15) is 0 Å². The van der Waals surface area contributed by atoms with Crippen molar-refractivity contribution in [1.29, 1.82) is 0 Å². The Morgan fingerprint density at radius 3 is 2.75 bits per heavy atom. The molecule has 3 rings (SSSR count). The van der Waals surface area contributed by atoms with E-state index in [4.69, 9.17) is 9.47 Å². The van der Waals surface area contributed by atoms with Gasteiger partial charge >= 0.3 is 0 Å². The molecule has 2 fully saturated rings. The number of carbonyl (C=O) groups is 1. The Morgan fingerprint density at radius 1 is 1.33 bits per heavy atom. The highest BCUT2D eigenvalue weighted by Crippen LogP contribution is 2.58. The number of ether oxygens (including phenoxy) is 2. The summed E-state index contributed by atoms with van der Waals surface area (Å²) in [6.07, 6.45) is 3.30. The molecule has 1 spiro atoms. The minimum atomic E-state index is 0. The van der Waals surface area contributed by atoms with E-state index in [1.54, 1.807) is 7.11 Å². The minimum absolute atomic E-state index is 0. The van der Waals surface area contributed by atoms with Crippen LogP contribution in [-0.2, 0) is 11.3 Å². The second-order valence-electron chi connectivity index (χ2n) is 6.51. The molecule has 1 saturated heterocycles. The normalized spacial score (nSPS) is 20.8. The fourth-order valence-corrected chi connectivity index (χ4v) is 3.61. The molecule has 1 aliphatic carbocycles. The van der Waals surface area contributed by atoms with E-state index in [2.05, 4.69) is 10.6 Å². The lowest BCUT2D eigenvalue weighted by atomic mass is 9.92. The molecule has 1 aliphatic heterocycles. The Hall–Kier alpha value is -1.46. The summed E-state index contributed by atoms with van der Waals surface area (Å²) in [6.45, 7) is 5.15. The van der Waals surface area contributed by atoms with Gasteiger partial charge in [-0.3, -0.25) is 4.79 Å². The predicted octanol–water partition coefficient (Wildman–Crippen LogP) is 2.52. The summed E-state index contributed by atoms with van der Waals surface area (Å²) in [7, 11) is 1.63. The molecule has 24 heavy (non-hydrogen) atoms. The van der Waals surface area contributed by atoms with Gasteiger partial charge in [0.2, 0.25) is 5.91 Å². The van der Waals surface area contributed by atoms with Gasteiger partial charge in [-0.1, -0.05) is 6.07 Å². The molecule has 0 aromatic heterocycles. The fourth-order valence-electron chi connectivity index (χ4n) is 3.61. The summed E-state index contributed by atoms with van der Waals surface area (Å²) in [4.78, 5) is 12.4. The third kappa shape index (κ3) is 3.95. The van der Waals surface area contributed by atoms with Crippen LogP contribution in [0.5, 0.6) is 11.5 Å². The zero-order chi connectivity index (χ0) is 16.3. The number of benzene rings is 1. The molecule has 0 bridgehead atoms. The van der Waals surface area contributed by atoms with Crippen molar-refractivity contribution < 1.29 is 14.3 Å². The Labute approximate surface area is 149 Å². The van der Waals surface area contributed by atoms with E-state index < -0.39 is 0 Å².